The van der Waals surface area contributed by atoms with Gasteiger partial charge in [0.2, 0.25) is 0 Å². The molecule has 1 saturated carbocycles. The molecule has 0 spiro atoms. The van der Waals surface area contributed by atoms with E-state index in [0.29, 0.717) is 6.04 Å². The second kappa shape index (κ2) is 8.05. The molecular formula is C18H28ClN. The number of rotatable bonds is 4. The van der Waals surface area contributed by atoms with Crippen LogP contribution in [0.5, 0.6) is 0 Å². The quantitative estimate of drug-likeness (QED) is 0.810. The summed E-state index contributed by atoms with van der Waals surface area (Å²) < 4.78 is 0. The number of hydrogen-bond donors (Lipinski definition) is 1. The summed E-state index contributed by atoms with van der Waals surface area (Å²) in [5.41, 5.74) is 2.53. The van der Waals surface area contributed by atoms with Gasteiger partial charge in [-0.2, -0.15) is 0 Å². The molecule has 1 fully saturated rings. The van der Waals surface area contributed by atoms with Crippen LogP contribution in [0.15, 0.2) is 18.2 Å². The van der Waals surface area contributed by atoms with Crippen LogP contribution in [0.25, 0.3) is 0 Å². The Labute approximate surface area is 129 Å². The van der Waals surface area contributed by atoms with Crippen molar-refractivity contribution in [2.45, 2.75) is 64.3 Å². The third-order valence-electron chi connectivity index (χ3n) is 4.74. The molecule has 112 valence electrons. The Morgan fingerprint density at radius 1 is 1.15 bits per heavy atom. The third kappa shape index (κ3) is 4.49. The second-order valence-electron chi connectivity index (χ2n) is 6.30. The van der Waals surface area contributed by atoms with Gasteiger partial charge in [0.15, 0.2) is 0 Å². The molecular weight excluding hydrogens is 266 g/mol. The first-order valence-electron chi connectivity index (χ1n) is 8.13. The lowest BCUT2D eigenvalue weighted by Gasteiger charge is -2.29. The number of likely N-dealkylation sites (N-methyl/N-ethyl adjacent to an activating group) is 1. The molecule has 20 heavy (non-hydrogen) atoms. The minimum atomic E-state index is 0.563. The number of aryl methyl sites for hydroxylation is 1. The van der Waals surface area contributed by atoms with Crippen LogP contribution in [-0.4, -0.2) is 13.1 Å². The predicted molar refractivity (Wildman–Crippen MR) is 88.5 cm³/mol. The number of halogens is 1. The number of benzene rings is 1. The van der Waals surface area contributed by atoms with Gasteiger partial charge in [0.1, 0.15) is 0 Å². The number of hydrogen-bond acceptors (Lipinski definition) is 1. The van der Waals surface area contributed by atoms with E-state index in [4.69, 9.17) is 11.6 Å². The molecule has 1 aromatic rings. The van der Waals surface area contributed by atoms with Gasteiger partial charge >= 0.3 is 0 Å². The normalized spacial score (nSPS) is 19.4. The van der Waals surface area contributed by atoms with Crippen molar-refractivity contribution < 1.29 is 0 Å². The van der Waals surface area contributed by atoms with E-state index < -0.39 is 0 Å². The van der Waals surface area contributed by atoms with Crippen LogP contribution < -0.4 is 5.32 Å². The van der Waals surface area contributed by atoms with Crippen molar-refractivity contribution in [1.82, 2.24) is 5.32 Å². The molecule has 0 aliphatic heterocycles. The molecule has 2 rings (SSSR count). The first-order valence-corrected chi connectivity index (χ1v) is 8.51. The fraction of sp³-hybridized carbons (Fsp3) is 0.667. The zero-order valence-electron chi connectivity index (χ0n) is 12.9. The molecule has 2 heteroatoms. The summed E-state index contributed by atoms with van der Waals surface area (Å²) in [6, 6.07) is 7.02. The summed E-state index contributed by atoms with van der Waals surface area (Å²) in [4.78, 5) is 0. The van der Waals surface area contributed by atoms with Crippen LogP contribution in [0, 0.1) is 12.8 Å². The fourth-order valence-electron chi connectivity index (χ4n) is 3.45. The molecule has 1 unspecified atom stereocenters. The average molecular weight is 294 g/mol. The third-order valence-corrected chi connectivity index (χ3v) is 5.09. The van der Waals surface area contributed by atoms with Crippen LogP contribution in [0.3, 0.4) is 0 Å². The zero-order valence-corrected chi connectivity index (χ0v) is 13.7. The van der Waals surface area contributed by atoms with Crippen molar-refractivity contribution in [2.24, 2.45) is 5.92 Å². The van der Waals surface area contributed by atoms with Crippen molar-refractivity contribution >= 4 is 11.6 Å². The summed E-state index contributed by atoms with van der Waals surface area (Å²) >= 11 is 6.40. The van der Waals surface area contributed by atoms with E-state index in [0.717, 1.165) is 17.4 Å². The van der Waals surface area contributed by atoms with Gasteiger partial charge in [0.25, 0.3) is 0 Å². The largest absolute Gasteiger partial charge is 0.316 e. The lowest BCUT2D eigenvalue weighted by atomic mass is 9.83. The maximum atomic E-state index is 6.40. The SMILES string of the molecule is CNC(Cc1ccc(C)cc1Cl)C1CCCCCCC1. The van der Waals surface area contributed by atoms with Crippen LogP contribution in [0.2, 0.25) is 5.02 Å². The molecule has 0 amide bonds. The van der Waals surface area contributed by atoms with Gasteiger partial charge in [-0.05, 0) is 56.3 Å². The highest BCUT2D eigenvalue weighted by atomic mass is 35.5. The van der Waals surface area contributed by atoms with Crippen LogP contribution >= 0.6 is 11.6 Å². The molecule has 1 atom stereocenters. The van der Waals surface area contributed by atoms with Gasteiger partial charge in [-0.15, -0.1) is 0 Å². The topological polar surface area (TPSA) is 12.0 Å². The van der Waals surface area contributed by atoms with Gasteiger partial charge in [-0.1, -0.05) is 55.8 Å². The van der Waals surface area contributed by atoms with Gasteiger partial charge < -0.3 is 5.32 Å². The monoisotopic (exact) mass is 293 g/mol. The Hall–Kier alpha value is -0.530. The Morgan fingerprint density at radius 2 is 1.80 bits per heavy atom. The van der Waals surface area contributed by atoms with E-state index in [1.807, 2.05) is 0 Å². The van der Waals surface area contributed by atoms with Crippen molar-refractivity contribution in [1.29, 1.82) is 0 Å². The van der Waals surface area contributed by atoms with Gasteiger partial charge in [0.05, 0.1) is 0 Å². The van der Waals surface area contributed by atoms with Crippen LogP contribution in [0.1, 0.15) is 56.1 Å². The summed E-state index contributed by atoms with van der Waals surface area (Å²) in [5, 5.41) is 4.48. The molecule has 1 nitrogen and oxygen atoms in total. The molecule has 1 aromatic carbocycles. The molecule has 0 heterocycles. The van der Waals surface area contributed by atoms with Crippen molar-refractivity contribution in [2.75, 3.05) is 7.05 Å². The van der Waals surface area contributed by atoms with E-state index in [9.17, 15) is 0 Å². The summed E-state index contributed by atoms with van der Waals surface area (Å²) in [5.74, 6) is 0.803. The zero-order chi connectivity index (χ0) is 14.4. The molecule has 0 saturated heterocycles. The van der Waals surface area contributed by atoms with Gasteiger partial charge in [-0.3, -0.25) is 0 Å². The maximum absolute atomic E-state index is 6.40. The van der Waals surface area contributed by atoms with E-state index in [1.54, 1.807) is 0 Å². The average Bonchev–Trinajstić information content (AvgIpc) is 2.39. The highest BCUT2D eigenvalue weighted by molar-refractivity contribution is 6.31. The maximum Gasteiger partial charge on any atom is 0.0441 e. The fourth-order valence-corrected chi connectivity index (χ4v) is 3.76. The standard InChI is InChI=1S/C18H28ClN/c1-14-10-11-16(17(19)12-14)13-18(20-2)15-8-6-4-3-5-7-9-15/h10-12,15,18,20H,3-9,13H2,1-2H3. The van der Waals surface area contributed by atoms with Crippen molar-refractivity contribution in [3.05, 3.63) is 34.3 Å². The smallest absolute Gasteiger partial charge is 0.0441 e. The van der Waals surface area contributed by atoms with Crippen molar-refractivity contribution in [3.8, 4) is 0 Å². The van der Waals surface area contributed by atoms with Gasteiger partial charge in [-0.25, -0.2) is 0 Å². The van der Waals surface area contributed by atoms with Crippen LogP contribution in [-0.2, 0) is 6.42 Å². The van der Waals surface area contributed by atoms with E-state index in [-0.39, 0.29) is 0 Å². The van der Waals surface area contributed by atoms with Crippen molar-refractivity contribution in [3.63, 3.8) is 0 Å². The van der Waals surface area contributed by atoms with E-state index in [1.165, 1.54) is 56.1 Å². The highest BCUT2D eigenvalue weighted by Crippen LogP contribution is 2.28. The Kier molecular flexibility index (Phi) is 6.38. The van der Waals surface area contributed by atoms with E-state index >= 15 is 0 Å². The minimum absolute atomic E-state index is 0.563. The first kappa shape index (κ1) is 15.9. The van der Waals surface area contributed by atoms with Gasteiger partial charge in [0, 0.05) is 11.1 Å². The van der Waals surface area contributed by atoms with E-state index in [2.05, 4.69) is 37.5 Å². The molecule has 0 bridgehead atoms. The lowest BCUT2D eigenvalue weighted by molar-refractivity contribution is 0.294. The summed E-state index contributed by atoms with van der Waals surface area (Å²) in [7, 11) is 2.10. The minimum Gasteiger partial charge on any atom is -0.316 e. The second-order valence-corrected chi connectivity index (χ2v) is 6.71. The number of nitrogens with one attached hydrogen (secondary N) is 1. The molecule has 0 radical (unpaired) electrons. The Morgan fingerprint density at radius 3 is 2.40 bits per heavy atom. The summed E-state index contributed by atoms with van der Waals surface area (Å²) in [6.07, 6.45) is 10.8. The Bertz CT molecular complexity index is 408. The Balaban J connectivity index is 2.03. The molecule has 1 aliphatic rings. The first-order chi connectivity index (χ1) is 9.70. The molecule has 1 aliphatic carbocycles. The van der Waals surface area contributed by atoms with Crippen LogP contribution in [0.4, 0.5) is 0 Å². The molecule has 0 aromatic heterocycles. The highest BCUT2D eigenvalue weighted by Gasteiger charge is 2.21. The lowest BCUT2D eigenvalue weighted by Crippen LogP contribution is -2.36. The predicted octanol–water partition coefficient (Wildman–Crippen LogP) is 5.14. The summed E-state index contributed by atoms with van der Waals surface area (Å²) in [6.45, 7) is 2.10. The molecule has 1 N–H and O–H groups in total.